The first-order valence-electron chi connectivity index (χ1n) is 9.05. The Morgan fingerprint density at radius 2 is 1.93 bits per heavy atom. The number of hydrogen-bond donors (Lipinski definition) is 2. The van der Waals surface area contributed by atoms with Crippen LogP contribution < -0.4 is 27.7 Å². The number of aromatic nitrogens is 2. The molecule has 2 aliphatic rings. The molecule has 1 aliphatic carbocycles. The van der Waals surface area contributed by atoms with E-state index in [-0.39, 0.29) is 23.8 Å². The monoisotopic (exact) mass is 397 g/mol. The second kappa shape index (κ2) is 6.83. The Morgan fingerprint density at radius 3 is 2.48 bits per heavy atom. The highest BCUT2D eigenvalue weighted by molar-refractivity contribution is 5.87. The third-order valence-electron chi connectivity index (χ3n) is 5.86. The van der Waals surface area contributed by atoms with E-state index in [4.69, 9.17) is 11.6 Å². The van der Waals surface area contributed by atoms with E-state index in [1.54, 1.807) is 11.5 Å². The minimum atomic E-state index is -0.662. The first-order chi connectivity index (χ1) is 12.3. The largest absolute Gasteiger partial charge is 0.368 e. The molecule has 148 valence electrons. The molecule has 2 fully saturated rings. The molecule has 1 aromatic heterocycles. The smallest absolute Gasteiger partial charge is 0.350 e. The average molecular weight is 398 g/mol. The Balaban J connectivity index is 0.00000210. The van der Waals surface area contributed by atoms with Gasteiger partial charge in [0.25, 0.3) is 5.56 Å². The first kappa shape index (κ1) is 19.7. The highest BCUT2D eigenvalue weighted by Crippen LogP contribution is 2.39. The van der Waals surface area contributed by atoms with Crippen molar-refractivity contribution < 1.29 is 4.39 Å². The quantitative estimate of drug-likeness (QED) is 0.756. The lowest BCUT2D eigenvalue weighted by atomic mass is 9.99. The number of benzene rings is 1. The fourth-order valence-corrected chi connectivity index (χ4v) is 4.24. The van der Waals surface area contributed by atoms with Crippen LogP contribution >= 0.6 is 12.4 Å². The van der Waals surface area contributed by atoms with Gasteiger partial charge in [-0.3, -0.25) is 9.36 Å². The molecule has 2 heterocycles. The van der Waals surface area contributed by atoms with Crippen LogP contribution in [-0.4, -0.2) is 28.9 Å². The van der Waals surface area contributed by atoms with Crippen LogP contribution in [0.15, 0.2) is 15.7 Å². The van der Waals surface area contributed by atoms with Gasteiger partial charge in [0.2, 0.25) is 0 Å². The molecule has 1 aromatic carbocycles. The summed E-state index contributed by atoms with van der Waals surface area (Å²) in [5, 5.41) is 0.153. The number of nitrogens with zero attached hydrogens (tertiary/aromatic N) is 3. The van der Waals surface area contributed by atoms with E-state index >= 15 is 4.39 Å². The summed E-state index contributed by atoms with van der Waals surface area (Å²) in [6.45, 7) is 5.81. The minimum absolute atomic E-state index is 0. The summed E-state index contributed by atoms with van der Waals surface area (Å²) in [6.07, 6.45) is 1.71. The van der Waals surface area contributed by atoms with Crippen molar-refractivity contribution in [3.8, 4) is 0 Å². The number of hydrogen-bond acceptors (Lipinski definition) is 5. The molecule has 0 amide bonds. The highest BCUT2D eigenvalue weighted by Gasteiger charge is 2.34. The molecule has 7 nitrogen and oxygen atoms in total. The summed E-state index contributed by atoms with van der Waals surface area (Å²) in [7, 11) is 0. The van der Waals surface area contributed by atoms with E-state index in [1.807, 2.05) is 4.90 Å². The number of fused-ring (bicyclic) bond motifs is 1. The number of aryl methyl sites for hydroxylation is 1. The van der Waals surface area contributed by atoms with Crippen molar-refractivity contribution in [2.75, 3.05) is 30.4 Å². The number of nitrogen functional groups attached to an aromatic ring is 1. The standard InChI is InChI=1S/C18H24FN5O2.ClH/c1-9-7-22(8-11(9)6-20)16-10(2)15-13(5-14(16)19)17(25)24(21)18(26)23(15)12-3-4-12;/h5,9,11-12H,3-4,6-8,20-21H2,1-2H3;1H. The van der Waals surface area contributed by atoms with E-state index < -0.39 is 17.1 Å². The minimum Gasteiger partial charge on any atom is -0.368 e. The van der Waals surface area contributed by atoms with Crippen LogP contribution in [-0.2, 0) is 0 Å². The van der Waals surface area contributed by atoms with Crippen molar-refractivity contribution in [3.05, 3.63) is 38.3 Å². The van der Waals surface area contributed by atoms with Crippen molar-refractivity contribution in [1.29, 1.82) is 0 Å². The summed E-state index contributed by atoms with van der Waals surface area (Å²) >= 11 is 0. The van der Waals surface area contributed by atoms with Gasteiger partial charge in [-0.25, -0.2) is 9.18 Å². The van der Waals surface area contributed by atoms with Gasteiger partial charge >= 0.3 is 5.69 Å². The van der Waals surface area contributed by atoms with Crippen molar-refractivity contribution in [3.63, 3.8) is 0 Å². The fraction of sp³-hybridized carbons (Fsp3) is 0.556. The van der Waals surface area contributed by atoms with Gasteiger partial charge in [-0.15, -0.1) is 12.4 Å². The van der Waals surface area contributed by atoms with Gasteiger partial charge in [-0.2, -0.15) is 4.68 Å². The Kier molecular flexibility index (Phi) is 4.98. The summed E-state index contributed by atoms with van der Waals surface area (Å²) in [6, 6.07) is 1.24. The van der Waals surface area contributed by atoms with Crippen LogP contribution in [0.5, 0.6) is 0 Å². The Morgan fingerprint density at radius 1 is 1.26 bits per heavy atom. The Hall–Kier alpha value is -2.06. The molecule has 1 saturated heterocycles. The van der Waals surface area contributed by atoms with Crippen LogP contribution in [0.2, 0.25) is 0 Å². The summed E-state index contributed by atoms with van der Waals surface area (Å²) in [5.41, 5.74) is 6.22. The molecule has 4 N–H and O–H groups in total. The van der Waals surface area contributed by atoms with Gasteiger partial charge in [0.1, 0.15) is 5.82 Å². The average Bonchev–Trinajstić information content (AvgIpc) is 3.37. The molecule has 0 radical (unpaired) electrons. The SMILES string of the molecule is Cc1c(N2CC(C)C(CN)C2)c(F)cc2c(=O)n(N)c(=O)n(C3CC3)c12.Cl. The maximum Gasteiger partial charge on any atom is 0.350 e. The van der Waals surface area contributed by atoms with E-state index in [1.165, 1.54) is 6.07 Å². The zero-order valence-corrected chi connectivity index (χ0v) is 16.3. The second-order valence-electron chi connectivity index (χ2n) is 7.67. The molecule has 0 spiro atoms. The fourth-order valence-electron chi connectivity index (χ4n) is 4.24. The third-order valence-corrected chi connectivity index (χ3v) is 5.86. The van der Waals surface area contributed by atoms with Crippen molar-refractivity contribution in [2.45, 2.75) is 32.7 Å². The van der Waals surface area contributed by atoms with Crippen LogP contribution in [0, 0.1) is 24.6 Å². The molecule has 2 aromatic rings. The van der Waals surface area contributed by atoms with Gasteiger partial charge in [0.05, 0.1) is 16.6 Å². The zero-order chi connectivity index (χ0) is 18.7. The first-order valence-corrected chi connectivity index (χ1v) is 9.05. The van der Waals surface area contributed by atoms with Crippen LogP contribution in [0.3, 0.4) is 0 Å². The van der Waals surface area contributed by atoms with Crippen molar-refractivity contribution >= 4 is 29.0 Å². The molecule has 1 aliphatic heterocycles. The van der Waals surface area contributed by atoms with E-state index in [9.17, 15) is 9.59 Å². The van der Waals surface area contributed by atoms with E-state index in [0.29, 0.717) is 52.9 Å². The van der Waals surface area contributed by atoms with E-state index in [2.05, 4.69) is 6.92 Å². The Bertz CT molecular complexity index is 1010. The lowest BCUT2D eigenvalue weighted by molar-refractivity contribution is 0.463. The molecule has 27 heavy (non-hydrogen) atoms. The van der Waals surface area contributed by atoms with Crippen LogP contribution in [0.1, 0.15) is 31.4 Å². The molecule has 1 saturated carbocycles. The molecule has 0 bridgehead atoms. The zero-order valence-electron chi connectivity index (χ0n) is 15.4. The van der Waals surface area contributed by atoms with Crippen LogP contribution in [0.25, 0.3) is 10.9 Å². The summed E-state index contributed by atoms with van der Waals surface area (Å²) < 4.78 is 17.2. The summed E-state index contributed by atoms with van der Waals surface area (Å²) in [4.78, 5) is 27.0. The van der Waals surface area contributed by atoms with Gasteiger partial charge in [0, 0.05) is 24.7 Å². The number of nitrogens with two attached hydrogens (primary N) is 2. The molecule has 9 heteroatoms. The predicted molar refractivity (Wildman–Crippen MR) is 107 cm³/mol. The third kappa shape index (κ3) is 2.91. The summed E-state index contributed by atoms with van der Waals surface area (Å²) in [5.74, 6) is 5.85. The molecule has 4 rings (SSSR count). The highest BCUT2D eigenvalue weighted by atomic mass is 35.5. The van der Waals surface area contributed by atoms with Crippen molar-refractivity contribution in [1.82, 2.24) is 9.24 Å². The van der Waals surface area contributed by atoms with E-state index in [0.717, 1.165) is 12.8 Å². The van der Waals surface area contributed by atoms with Gasteiger partial charge in [-0.05, 0) is 44.2 Å². The maximum absolute atomic E-state index is 15.0. The number of anilines is 1. The van der Waals surface area contributed by atoms with Crippen LogP contribution in [0.4, 0.5) is 10.1 Å². The molecular weight excluding hydrogens is 373 g/mol. The lowest BCUT2D eigenvalue weighted by Crippen LogP contribution is -2.44. The van der Waals surface area contributed by atoms with Crippen molar-refractivity contribution in [2.24, 2.45) is 17.6 Å². The molecule has 2 unspecified atom stereocenters. The van der Waals surface area contributed by atoms with Gasteiger partial charge < -0.3 is 16.5 Å². The van der Waals surface area contributed by atoms with Gasteiger partial charge in [0.15, 0.2) is 0 Å². The molecular formula is C18H25ClFN5O2. The Labute approximate surface area is 162 Å². The lowest BCUT2D eigenvalue weighted by Gasteiger charge is -2.24. The predicted octanol–water partition coefficient (Wildman–Crippen LogP) is 1.11. The normalized spacial score (nSPS) is 22.3. The number of rotatable bonds is 3. The molecule has 2 atom stereocenters. The van der Waals surface area contributed by atoms with Gasteiger partial charge in [-0.1, -0.05) is 6.92 Å². The maximum atomic E-state index is 15.0. The second-order valence-corrected chi connectivity index (χ2v) is 7.67. The number of halogens is 2. The topological polar surface area (TPSA) is 99.3 Å².